The van der Waals surface area contributed by atoms with Gasteiger partial charge in [0.05, 0.1) is 22.2 Å². The molecule has 3 N–H and O–H groups in total. The standard InChI is InChI=1S/C20H22ClN5O3/c1-11-6-8-26(9-7-11)20-24-17-16(19(29)25-20)12(10-15(27)23-17)18(28)22-14-5-3-2-4-13(14)21/h2-5,11-12H,6-10H2,1H3,(H,22,28)(H2,23,24,25,27,29)/t12-/m1/s1. The smallest absolute Gasteiger partial charge is 0.258 e. The second-order valence-corrected chi connectivity index (χ2v) is 8.00. The number of para-hydroxylation sites is 1. The van der Waals surface area contributed by atoms with E-state index in [1.807, 2.05) is 4.90 Å². The predicted molar refractivity (Wildman–Crippen MR) is 112 cm³/mol. The molecule has 0 bridgehead atoms. The van der Waals surface area contributed by atoms with Crippen molar-refractivity contribution in [2.75, 3.05) is 28.6 Å². The number of benzene rings is 1. The summed E-state index contributed by atoms with van der Waals surface area (Å²) in [5.74, 6) is -0.560. The van der Waals surface area contributed by atoms with Crippen LogP contribution in [0.1, 0.15) is 37.7 Å². The molecule has 0 spiro atoms. The molecule has 1 saturated heterocycles. The zero-order valence-electron chi connectivity index (χ0n) is 16.0. The Balaban J connectivity index is 1.64. The molecule has 1 atom stereocenters. The van der Waals surface area contributed by atoms with E-state index in [9.17, 15) is 14.4 Å². The number of hydrogen-bond acceptors (Lipinski definition) is 5. The van der Waals surface area contributed by atoms with Gasteiger partial charge in [-0.25, -0.2) is 0 Å². The van der Waals surface area contributed by atoms with Crippen LogP contribution < -0.4 is 21.1 Å². The molecule has 3 heterocycles. The Morgan fingerprint density at radius 1 is 1.24 bits per heavy atom. The molecule has 2 aromatic rings. The summed E-state index contributed by atoms with van der Waals surface area (Å²) in [4.78, 5) is 47.2. The fourth-order valence-corrected chi connectivity index (χ4v) is 3.92. The normalized spacial score (nSPS) is 19.4. The molecule has 1 fully saturated rings. The first-order valence-corrected chi connectivity index (χ1v) is 10.0. The highest BCUT2D eigenvalue weighted by molar-refractivity contribution is 6.33. The number of aromatic amines is 1. The molecule has 9 heteroatoms. The summed E-state index contributed by atoms with van der Waals surface area (Å²) >= 11 is 6.10. The summed E-state index contributed by atoms with van der Waals surface area (Å²) in [5.41, 5.74) is 0.182. The third kappa shape index (κ3) is 3.98. The first kappa shape index (κ1) is 19.4. The minimum atomic E-state index is -0.943. The van der Waals surface area contributed by atoms with E-state index in [2.05, 4.69) is 27.5 Å². The van der Waals surface area contributed by atoms with Gasteiger partial charge in [0.25, 0.3) is 5.56 Å². The molecule has 8 nitrogen and oxygen atoms in total. The molecule has 4 rings (SSSR count). The molecular formula is C20H22ClN5O3. The molecule has 0 aliphatic carbocycles. The van der Waals surface area contributed by atoms with Gasteiger partial charge in [-0.2, -0.15) is 4.98 Å². The van der Waals surface area contributed by atoms with Gasteiger partial charge in [0.15, 0.2) is 0 Å². The summed E-state index contributed by atoms with van der Waals surface area (Å²) in [5, 5.41) is 5.73. The van der Waals surface area contributed by atoms with Crippen molar-refractivity contribution in [2.24, 2.45) is 5.92 Å². The lowest BCUT2D eigenvalue weighted by Gasteiger charge is -2.31. The van der Waals surface area contributed by atoms with E-state index in [1.54, 1.807) is 24.3 Å². The molecule has 2 aliphatic rings. The van der Waals surface area contributed by atoms with Gasteiger partial charge in [-0.3, -0.25) is 19.4 Å². The van der Waals surface area contributed by atoms with Crippen LogP contribution in [-0.4, -0.2) is 34.9 Å². The Hall–Kier alpha value is -2.87. The van der Waals surface area contributed by atoms with E-state index in [0.717, 1.165) is 25.9 Å². The Kier molecular flexibility index (Phi) is 5.27. The lowest BCUT2D eigenvalue weighted by molar-refractivity contribution is -0.123. The highest BCUT2D eigenvalue weighted by atomic mass is 35.5. The van der Waals surface area contributed by atoms with Crippen molar-refractivity contribution >= 4 is 40.9 Å². The monoisotopic (exact) mass is 415 g/mol. The van der Waals surface area contributed by atoms with Crippen LogP contribution in [0.5, 0.6) is 0 Å². The quantitative estimate of drug-likeness (QED) is 0.714. The minimum Gasteiger partial charge on any atom is -0.342 e. The average Bonchev–Trinajstić information content (AvgIpc) is 2.69. The van der Waals surface area contributed by atoms with Gasteiger partial charge in [0.2, 0.25) is 17.8 Å². The lowest BCUT2D eigenvalue weighted by Crippen LogP contribution is -2.39. The number of H-pyrrole nitrogens is 1. The molecule has 2 aliphatic heterocycles. The molecule has 0 saturated carbocycles. The van der Waals surface area contributed by atoms with E-state index in [1.165, 1.54) is 0 Å². The highest BCUT2D eigenvalue weighted by Gasteiger charge is 2.35. The van der Waals surface area contributed by atoms with Crippen molar-refractivity contribution in [3.63, 3.8) is 0 Å². The summed E-state index contributed by atoms with van der Waals surface area (Å²) in [6.45, 7) is 3.77. The average molecular weight is 416 g/mol. The van der Waals surface area contributed by atoms with Crippen LogP contribution >= 0.6 is 11.6 Å². The van der Waals surface area contributed by atoms with Gasteiger partial charge in [-0.15, -0.1) is 0 Å². The number of piperidine rings is 1. The first-order valence-electron chi connectivity index (χ1n) is 9.66. The molecule has 0 unspecified atom stereocenters. The number of hydrogen-bond donors (Lipinski definition) is 3. The van der Waals surface area contributed by atoms with Crippen LogP contribution in [-0.2, 0) is 9.59 Å². The van der Waals surface area contributed by atoms with E-state index in [0.29, 0.717) is 22.6 Å². The van der Waals surface area contributed by atoms with Crippen molar-refractivity contribution in [3.05, 3.63) is 45.2 Å². The van der Waals surface area contributed by atoms with Gasteiger partial charge < -0.3 is 15.5 Å². The van der Waals surface area contributed by atoms with Gasteiger partial charge in [0, 0.05) is 19.5 Å². The zero-order valence-corrected chi connectivity index (χ0v) is 16.8. The SMILES string of the molecule is CC1CCN(c2nc3c(c(=O)[nH]2)[C@H](C(=O)Nc2ccccc2Cl)CC(=O)N3)CC1. The number of anilines is 3. The van der Waals surface area contributed by atoms with Crippen LogP contribution in [0.4, 0.5) is 17.5 Å². The number of aromatic nitrogens is 2. The van der Waals surface area contributed by atoms with Crippen molar-refractivity contribution in [2.45, 2.75) is 32.1 Å². The van der Waals surface area contributed by atoms with Crippen molar-refractivity contribution in [1.29, 1.82) is 0 Å². The number of amides is 2. The van der Waals surface area contributed by atoms with E-state index >= 15 is 0 Å². The summed E-state index contributed by atoms with van der Waals surface area (Å²) in [6.07, 6.45) is 1.89. The zero-order chi connectivity index (χ0) is 20.5. The Labute approximate surface area is 172 Å². The minimum absolute atomic E-state index is 0.130. The Morgan fingerprint density at radius 2 is 1.97 bits per heavy atom. The Morgan fingerprint density at radius 3 is 2.69 bits per heavy atom. The maximum absolute atomic E-state index is 12.9. The number of fused-ring (bicyclic) bond motifs is 1. The van der Waals surface area contributed by atoms with Gasteiger partial charge in [-0.05, 0) is 30.9 Å². The van der Waals surface area contributed by atoms with Gasteiger partial charge in [-0.1, -0.05) is 30.7 Å². The van der Waals surface area contributed by atoms with Crippen LogP contribution in [0, 0.1) is 5.92 Å². The van der Waals surface area contributed by atoms with Crippen molar-refractivity contribution < 1.29 is 9.59 Å². The number of carbonyl (C=O) groups is 2. The summed E-state index contributed by atoms with van der Waals surface area (Å²) in [6, 6.07) is 6.80. The number of halogens is 1. The van der Waals surface area contributed by atoms with E-state index < -0.39 is 17.4 Å². The number of rotatable bonds is 3. The van der Waals surface area contributed by atoms with Crippen LogP contribution in [0.3, 0.4) is 0 Å². The number of carbonyl (C=O) groups excluding carboxylic acids is 2. The molecule has 2 amide bonds. The molecule has 29 heavy (non-hydrogen) atoms. The topological polar surface area (TPSA) is 107 Å². The highest BCUT2D eigenvalue weighted by Crippen LogP contribution is 2.31. The molecule has 0 radical (unpaired) electrons. The number of nitrogens with zero attached hydrogens (tertiary/aromatic N) is 2. The maximum atomic E-state index is 12.9. The molecule has 1 aromatic carbocycles. The lowest BCUT2D eigenvalue weighted by atomic mass is 9.92. The van der Waals surface area contributed by atoms with Crippen LogP contribution in [0.25, 0.3) is 0 Å². The predicted octanol–water partition coefficient (Wildman–Crippen LogP) is 2.72. The largest absolute Gasteiger partial charge is 0.342 e. The summed E-state index contributed by atoms with van der Waals surface area (Å²) < 4.78 is 0. The second kappa shape index (κ2) is 7.87. The van der Waals surface area contributed by atoms with Crippen LogP contribution in [0.2, 0.25) is 5.02 Å². The molecule has 152 valence electrons. The second-order valence-electron chi connectivity index (χ2n) is 7.60. The van der Waals surface area contributed by atoms with E-state index in [4.69, 9.17) is 11.6 Å². The van der Waals surface area contributed by atoms with Crippen molar-refractivity contribution in [3.8, 4) is 0 Å². The van der Waals surface area contributed by atoms with E-state index in [-0.39, 0.29) is 23.7 Å². The molecular weight excluding hydrogens is 394 g/mol. The molecule has 1 aromatic heterocycles. The fraction of sp³-hybridized carbons (Fsp3) is 0.400. The third-order valence-corrected chi connectivity index (χ3v) is 5.80. The van der Waals surface area contributed by atoms with Gasteiger partial charge >= 0.3 is 0 Å². The van der Waals surface area contributed by atoms with Gasteiger partial charge in [0.1, 0.15) is 5.82 Å². The van der Waals surface area contributed by atoms with Crippen LogP contribution in [0.15, 0.2) is 29.1 Å². The van der Waals surface area contributed by atoms with Crippen molar-refractivity contribution in [1.82, 2.24) is 9.97 Å². The third-order valence-electron chi connectivity index (χ3n) is 5.47. The first-order chi connectivity index (χ1) is 13.9. The number of nitrogens with one attached hydrogen (secondary N) is 3. The fourth-order valence-electron chi connectivity index (χ4n) is 3.74. The summed E-state index contributed by atoms with van der Waals surface area (Å²) in [7, 11) is 0. The maximum Gasteiger partial charge on any atom is 0.258 e. The Bertz CT molecular complexity index is 1010.